The molecular formula is C15H14FNO3. The van der Waals surface area contributed by atoms with E-state index in [1.54, 1.807) is 24.3 Å². The van der Waals surface area contributed by atoms with Crippen LogP contribution in [0.15, 0.2) is 42.5 Å². The summed E-state index contributed by atoms with van der Waals surface area (Å²) in [6.07, 6.45) is 0. The Bertz CT molecular complexity index is 628. The van der Waals surface area contributed by atoms with Gasteiger partial charge in [-0.3, -0.25) is 0 Å². The smallest absolute Gasteiger partial charge is 0.337 e. The van der Waals surface area contributed by atoms with E-state index in [4.69, 9.17) is 10.5 Å². The number of hydrogen-bond acceptors (Lipinski definition) is 4. The molecule has 0 atom stereocenters. The lowest BCUT2D eigenvalue weighted by molar-refractivity contribution is 0.0600. The van der Waals surface area contributed by atoms with E-state index in [9.17, 15) is 9.18 Å². The first kappa shape index (κ1) is 13.9. The zero-order valence-electron chi connectivity index (χ0n) is 10.9. The fraction of sp³-hybridized carbons (Fsp3) is 0.133. The second kappa shape index (κ2) is 6.06. The number of rotatable bonds is 4. The van der Waals surface area contributed by atoms with Crippen LogP contribution < -0.4 is 10.5 Å². The number of nitrogens with two attached hydrogens (primary N) is 1. The Balaban J connectivity index is 2.08. The number of methoxy groups -OCH3 is 1. The van der Waals surface area contributed by atoms with Crippen molar-refractivity contribution in [2.45, 2.75) is 6.61 Å². The summed E-state index contributed by atoms with van der Waals surface area (Å²) in [5.74, 6) is -0.351. The third-order valence-electron chi connectivity index (χ3n) is 2.71. The SMILES string of the molecule is COC(=O)c1ccc(OCc2cccc(F)c2)c(N)c1. The molecule has 0 amide bonds. The van der Waals surface area contributed by atoms with E-state index in [-0.39, 0.29) is 12.4 Å². The number of benzene rings is 2. The minimum atomic E-state index is -0.464. The summed E-state index contributed by atoms with van der Waals surface area (Å²) in [5, 5.41) is 0. The third-order valence-corrected chi connectivity index (χ3v) is 2.71. The molecule has 104 valence electrons. The zero-order chi connectivity index (χ0) is 14.5. The molecule has 2 rings (SSSR count). The number of ether oxygens (including phenoxy) is 2. The van der Waals surface area contributed by atoms with Gasteiger partial charge < -0.3 is 15.2 Å². The maximum atomic E-state index is 13.0. The molecule has 0 aliphatic carbocycles. The minimum Gasteiger partial charge on any atom is -0.487 e. The molecule has 0 radical (unpaired) electrons. The van der Waals surface area contributed by atoms with Crippen molar-refractivity contribution in [3.8, 4) is 5.75 Å². The van der Waals surface area contributed by atoms with E-state index in [2.05, 4.69) is 4.74 Å². The van der Waals surface area contributed by atoms with E-state index < -0.39 is 5.97 Å². The van der Waals surface area contributed by atoms with Crippen LogP contribution in [-0.2, 0) is 11.3 Å². The molecule has 0 saturated heterocycles. The largest absolute Gasteiger partial charge is 0.487 e. The van der Waals surface area contributed by atoms with Crippen molar-refractivity contribution in [3.05, 3.63) is 59.4 Å². The monoisotopic (exact) mass is 275 g/mol. The molecule has 2 N–H and O–H groups in total. The van der Waals surface area contributed by atoms with Crippen molar-refractivity contribution >= 4 is 11.7 Å². The van der Waals surface area contributed by atoms with Crippen LogP contribution in [-0.4, -0.2) is 13.1 Å². The lowest BCUT2D eigenvalue weighted by Gasteiger charge is -2.10. The van der Waals surface area contributed by atoms with Gasteiger partial charge >= 0.3 is 5.97 Å². The summed E-state index contributed by atoms with van der Waals surface area (Å²) in [7, 11) is 1.30. The van der Waals surface area contributed by atoms with Crippen LogP contribution in [0.5, 0.6) is 5.75 Å². The summed E-state index contributed by atoms with van der Waals surface area (Å²) < 4.78 is 23.1. The molecule has 0 bridgehead atoms. The molecule has 0 aliphatic heterocycles. The molecule has 0 heterocycles. The average molecular weight is 275 g/mol. The van der Waals surface area contributed by atoms with Crippen LogP contribution in [0.2, 0.25) is 0 Å². The molecular weight excluding hydrogens is 261 g/mol. The van der Waals surface area contributed by atoms with Gasteiger partial charge in [0.1, 0.15) is 18.2 Å². The summed E-state index contributed by atoms with van der Waals surface area (Å²) >= 11 is 0. The molecule has 0 aromatic heterocycles. The van der Waals surface area contributed by atoms with Gasteiger partial charge in [0, 0.05) is 0 Å². The summed E-state index contributed by atoms with van der Waals surface area (Å²) in [6, 6.07) is 10.7. The first-order chi connectivity index (χ1) is 9.60. The first-order valence-electron chi connectivity index (χ1n) is 5.95. The lowest BCUT2D eigenvalue weighted by atomic mass is 10.2. The van der Waals surface area contributed by atoms with Crippen LogP contribution in [0.4, 0.5) is 10.1 Å². The minimum absolute atomic E-state index is 0.194. The standard InChI is InChI=1S/C15H14FNO3/c1-19-15(18)11-5-6-14(13(17)8-11)20-9-10-3-2-4-12(16)7-10/h2-8H,9,17H2,1H3. The van der Waals surface area contributed by atoms with Gasteiger partial charge in [0.25, 0.3) is 0 Å². The predicted octanol–water partition coefficient (Wildman–Crippen LogP) is 2.77. The van der Waals surface area contributed by atoms with Crippen LogP contribution in [0.25, 0.3) is 0 Å². The van der Waals surface area contributed by atoms with Crippen molar-refractivity contribution < 1.29 is 18.7 Å². The highest BCUT2D eigenvalue weighted by Gasteiger charge is 2.09. The van der Waals surface area contributed by atoms with Gasteiger partial charge in [0.15, 0.2) is 0 Å². The first-order valence-corrected chi connectivity index (χ1v) is 5.95. The van der Waals surface area contributed by atoms with Crippen molar-refractivity contribution in [1.29, 1.82) is 0 Å². The van der Waals surface area contributed by atoms with E-state index in [1.807, 2.05) is 0 Å². The molecule has 4 nitrogen and oxygen atoms in total. The molecule has 0 unspecified atom stereocenters. The molecule has 0 aliphatic rings. The van der Waals surface area contributed by atoms with Crippen LogP contribution in [0.3, 0.4) is 0 Å². The Kier molecular flexibility index (Phi) is 4.20. The van der Waals surface area contributed by atoms with Crippen LogP contribution in [0, 0.1) is 5.82 Å². The molecule has 2 aromatic carbocycles. The van der Waals surface area contributed by atoms with E-state index in [0.29, 0.717) is 22.6 Å². The summed E-state index contributed by atoms with van der Waals surface area (Å²) in [4.78, 5) is 11.3. The van der Waals surface area contributed by atoms with E-state index in [0.717, 1.165) is 0 Å². The van der Waals surface area contributed by atoms with Crippen molar-refractivity contribution in [1.82, 2.24) is 0 Å². The third kappa shape index (κ3) is 3.26. The van der Waals surface area contributed by atoms with Crippen molar-refractivity contribution in [2.75, 3.05) is 12.8 Å². The number of nitrogen functional groups attached to an aromatic ring is 1. The van der Waals surface area contributed by atoms with Crippen LogP contribution in [0.1, 0.15) is 15.9 Å². The van der Waals surface area contributed by atoms with Crippen LogP contribution >= 0.6 is 0 Å². The zero-order valence-corrected chi connectivity index (χ0v) is 10.9. The molecule has 0 spiro atoms. The highest BCUT2D eigenvalue weighted by Crippen LogP contribution is 2.24. The van der Waals surface area contributed by atoms with Gasteiger partial charge in [-0.1, -0.05) is 12.1 Å². The van der Waals surface area contributed by atoms with Crippen molar-refractivity contribution in [3.63, 3.8) is 0 Å². The molecule has 2 aromatic rings. The highest BCUT2D eigenvalue weighted by atomic mass is 19.1. The Morgan fingerprint density at radius 3 is 2.70 bits per heavy atom. The highest BCUT2D eigenvalue weighted by molar-refractivity contribution is 5.90. The Morgan fingerprint density at radius 2 is 2.05 bits per heavy atom. The normalized spacial score (nSPS) is 10.1. The summed E-state index contributed by atoms with van der Waals surface area (Å²) in [6.45, 7) is 0.194. The lowest BCUT2D eigenvalue weighted by Crippen LogP contribution is -2.04. The quantitative estimate of drug-likeness (QED) is 0.688. The molecule has 0 fully saturated rings. The number of carbonyl (C=O) groups excluding carboxylic acids is 1. The van der Waals surface area contributed by atoms with Gasteiger partial charge in [-0.2, -0.15) is 0 Å². The van der Waals surface area contributed by atoms with Gasteiger partial charge in [-0.05, 0) is 35.9 Å². The van der Waals surface area contributed by atoms with E-state index in [1.165, 1.54) is 25.3 Å². The van der Waals surface area contributed by atoms with Gasteiger partial charge in [0.05, 0.1) is 18.4 Å². The second-order valence-corrected chi connectivity index (χ2v) is 4.16. The Morgan fingerprint density at radius 1 is 1.25 bits per heavy atom. The maximum Gasteiger partial charge on any atom is 0.337 e. The van der Waals surface area contributed by atoms with Gasteiger partial charge in [-0.15, -0.1) is 0 Å². The average Bonchev–Trinajstić information content (AvgIpc) is 2.45. The maximum absolute atomic E-state index is 13.0. The molecule has 0 saturated carbocycles. The molecule has 5 heteroatoms. The fourth-order valence-electron chi connectivity index (χ4n) is 1.71. The number of hydrogen-bond donors (Lipinski definition) is 1. The van der Waals surface area contributed by atoms with E-state index >= 15 is 0 Å². The Labute approximate surface area is 115 Å². The number of carbonyl (C=O) groups is 1. The Hall–Kier alpha value is -2.56. The van der Waals surface area contributed by atoms with Gasteiger partial charge in [-0.25, -0.2) is 9.18 Å². The number of esters is 1. The van der Waals surface area contributed by atoms with Gasteiger partial charge in [0.2, 0.25) is 0 Å². The topological polar surface area (TPSA) is 61.5 Å². The predicted molar refractivity (Wildman–Crippen MR) is 72.9 cm³/mol. The second-order valence-electron chi connectivity index (χ2n) is 4.16. The summed E-state index contributed by atoms with van der Waals surface area (Å²) in [5.41, 5.74) is 7.17. The number of halogens is 1. The molecule has 20 heavy (non-hydrogen) atoms. The number of anilines is 1. The fourth-order valence-corrected chi connectivity index (χ4v) is 1.71. The van der Waals surface area contributed by atoms with Crippen molar-refractivity contribution in [2.24, 2.45) is 0 Å².